The molecule has 1 heterocycles. The van der Waals surface area contributed by atoms with Gasteiger partial charge in [-0.25, -0.2) is 13.6 Å². The van der Waals surface area contributed by atoms with Crippen LogP contribution in [0.2, 0.25) is 0 Å². The van der Waals surface area contributed by atoms with Crippen LogP contribution in [0.15, 0.2) is 33.6 Å². The SMILES string of the molecule is Nc1nnc(Nc2ccc(S(N)(=O)=O)cc2)o1. The summed E-state index contributed by atoms with van der Waals surface area (Å²) >= 11 is 0. The molecule has 2 rings (SSSR count). The molecule has 0 spiro atoms. The summed E-state index contributed by atoms with van der Waals surface area (Å²) in [6.45, 7) is 0. The van der Waals surface area contributed by atoms with Crippen LogP contribution in [-0.2, 0) is 10.0 Å². The molecule has 0 radical (unpaired) electrons. The van der Waals surface area contributed by atoms with Crippen LogP contribution in [-0.4, -0.2) is 18.6 Å². The molecule has 0 saturated carbocycles. The standard InChI is InChI=1S/C8H9N5O3S/c9-7-12-13-8(16-7)11-5-1-3-6(4-2-5)17(10,14)15/h1-4H,(H2,9,12)(H,11,13)(H2,10,14,15). The van der Waals surface area contributed by atoms with E-state index >= 15 is 0 Å². The molecule has 0 aliphatic rings. The molecule has 0 amide bonds. The van der Waals surface area contributed by atoms with Crippen LogP contribution in [0, 0.1) is 0 Å². The van der Waals surface area contributed by atoms with E-state index in [1.807, 2.05) is 0 Å². The smallest absolute Gasteiger partial charge is 0.321 e. The van der Waals surface area contributed by atoms with Crippen molar-refractivity contribution in [3.63, 3.8) is 0 Å². The summed E-state index contributed by atoms with van der Waals surface area (Å²) in [4.78, 5) is 0.0214. The summed E-state index contributed by atoms with van der Waals surface area (Å²) in [5.41, 5.74) is 5.81. The number of nitrogens with zero attached hydrogens (tertiary/aromatic N) is 2. The largest absolute Gasteiger partial charge is 0.389 e. The molecule has 8 nitrogen and oxygen atoms in total. The Morgan fingerprint density at radius 3 is 2.29 bits per heavy atom. The van der Waals surface area contributed by atoms with Gasteiger partial charge >= 0.3 is 12.0 Å². The average Bonchev–Trinajstić information content (AvgIpc) is 2.63. The van der Waals surface area contributed by atoms with Crippen molar-refractivity contribution in [1.82, 2.24) is 10.2 Å². The van der Waals surface area contributed by atoms with Gasteiger partial charge in [0.15, 0.2) is 0 Å². The number of anilines is 3. The van der Waals surface area contributed by atoms with E-state index in [2.05, 4.69) is 15.5 Å². The van der Waals surface area contributed by atoms with E-state index in [4.69, 9.17) is 15.3 Å². The van der Waals surface area contributed by atoms with E-state index in [1.54, 1.807) is 0 Å². The lowest BCUT2D eigenvalue weighted by Gasteiger charge is -2.02. The van der Waals surface area contributed by atoms with Crippen LogP contribution in [0.3, 0.4) is 0 Å². The molecule has 2 aromatic rings. The minimum Gasteiger partial charge on any atom is -0.389 e. The summed E-state index contributed by atoms with van der Waals surface area (Å²) in [5, 5.41) is 14.7. The van der Waals surface area contributed by atoms with Gasteiger partial charge in [-0.2, -0.15) is 0 Å². The summed E-state index contributed by atoms with van der Waals surface area (Å²) in [6, 6.07) is 5.80. The number of aromatic nitrogens is 2. The second kappa shape index (κ2) is 4.03. The van der Waals surface area contributed by atoms with Gasteiger partial charge in [-0.1, -0.05) is 10.2 Å². The number of nitrogens with one attached hydrogen (secondary N) is 1. The first kappa shape index (κ1) is 11.4. The zero-order valence-electron chi connectivity index (χ0n) is 8.49. The van der Waals surface area contributed by atoms with Gasteiger partial charge in [-0.05, 0) is 24.3 Å². The van der Waals surface area contributed by atoms with Crippen LogP contribution >= 0.6 is 0 Å². The van der Waals surface area contributed by atoms with Gasteiger partial charge in [0.25, 0.3) is 0 Å². The average molecular weight is 255 g/mol. The Balaban J connectivity index is 2.19. The van der Waals surface area contributed by atoms with Gasteiger partial charge in [0.1, 0.15) is 0 Å². The summed E-state index contributed by atoms with van der Waals surface area (Å²) in [7, 11) is -3.69. The fourth-order valence-corrected chi connectivity index (χ4v) is 1.65. The van der Waals surface area contributed by atoms with Crippen molar-refractivity contribution in [2.75, 3.05) is 11.1 Å². The number of benzene rings is 1. The molecule has 1 aromatic carbocycles. The summed E-state index contributed by atoms with van der Waals surface area (Å²) in [5.74, 6) is 0. The fourth-order valence-electron chi connectivity index (χ4n) is 1.14. The number of hydrogen-bond donors (Lipinski definition) is 3. The normalized spacial score (nSPS) is 11.4. The molecular formula is C8H9N5O3S. The van der Waals surface area contributed by atoms with Crippen molar-refractivity contribution in [3.05, 3.63) is 24.3 Å². The second-order valence-electron chi connectivity index (χ2n) is 3.14. The highest BCUT2D eigenvalue weighted by Crippen LogP contribution is 2.17. The van der Waals surface area contributed by atoms with Crippen molar-refractivity contribution in [1.29, 1.82) is 0 Å². The van der Waals surface area contributed by atoms with Crippen LogP contribution in [0.25, 0.3) is 0 Å². The second-order valence-corrected chi connectivity index (χ2v) is 4.70. The maximum atomic E-state index is 11.0. The lowest BCUT2D eigenvalue weighted by molar-refractivity contribution is 0.593. The molecule has 0 aliphatic carbocycles. The number of sulfonamides is 1. The highest BCUT2D eigenvalue weighted by atomic mass is 32.2. The van der Waals surface area contributed by atoms with E-state index < -0.39 is 10.0 Å². The fraction of sp³-hybridized carbons (Fsp3) is 0. The Morgan fingerprint density at radius 1 is 1.18 bits per heavy atom. The molecule has 0 saturated heterocycles. The zero-order valence-corrected chi connectivity index (χ0v) is 9.31. The highest BCUT2D eigenvalue weighted by molar-refractivity contribution is 7.89. The van der Waals surface area contributed by atoms with Gasteiger partial charge in [0.2, 0.25) is 10.0 Å². The molecule has 0 bridgehead atoms. The number of hydrogen-bond acceptors (Lipinski definition) is 7. The molecule has 0 aliphatic heterocycles. The third-order valence-corrected chi connectivity index (χ3v) is 2.80. The van der Waals surface area contributed by atoms with E-state index in [9.17, 15) is 8.42 Å². The molecule has 5 N–H and O–H groups in total. The van der Waals surface area contributed by atoms with Crippen LogP contribution < -0.4 is 16.2 Å². The maximum Gasteiger partial charge on any atom is 0.321 e. The third-order valence-electron chi connectivity index (χ3n) is 1.87. The predicted octanol–water partition coefficient (Wildman–Crippen LogP) is 0.0428. The minimum absolute atomic E-state index is 0.0214. The van der Waals surface area contributed by atoms with Crippen molar-refractivity contribution in [2.24, 2.45) is 5.14 Å². The molecule has 0 fully saturated rings. The molecule has 0 atom stereocenters. The molecule has 90 valence electrons. The zero-order chi connectivity index (χ0) is 12.5. The quantitative estimate of drug-likeness (QED) is 0.704. The number of nitrogens with two attached hydrogens (primary N) is 2. The van der Waals surface area contributed by atoms with Crippen LogP contribution in [0.5, 0.6) is 0 Å². The van der Waals surface area contributed by atoms with E-state index in [0.717, 1.165) is 0 Å². The molecule has 9 heteroatoms. The first-order valence-corrected chi connectivity index (χ1v) is 5.98. The van der Waals surface area contributed by atoms with E-state index in [-0.39, 0.29) is 16.9 Å². The lowest BCUT2D eigenvalue weighted by atomic mass is 10.3. The Kier molecular flexibility index (Phi) is 2.69. The molecule has 0 unspecified atom stereocenters. The van der Waals surface area contributed by atoms with Gasteiger partial charge in [-0.3, -0.25) is 0 Å². The van der Waals surface area contributed by atoms with Crippen molar-refractivity contribution in [3.8, 4) is 0 Å². The minimum atomic E-state index is -3.69. The Bertz CT molecular complexity index is 619. The summed E-state index contributed by atoms with van der Waals surface area (Å²) < 4.78 is 26.9. The Morgan fingerprint density at radius 2 is 1.82 bits per heavy atom. The molecule has 17 heavy (non-hydrogen) atoms. The molecule has 1 aromatic heterocycles. The first-order valence-electron chi connectivity index (χ1n) is 4.44. The number of rotatable bonds is 3. The van der Waals surface area contributed by atoms with Gasteiger partial charge in [-0.15, -0.1) is 0 Å². The van der Waals surface area contributed by atoms with Gasteiger partial charge in [0.05, 0.1) is 4.90 Å². The summed E-state index contributed by atoms with van der Waals surface area (Å²) in [6.07, 6.45) is 0. The van der Waals surface area contributed by atoms with Crippen molar-refractivity contribution in [2.45, 2.75) is 4.90 Å². The maximum absolute atomic E-state index is 11.0. The van der Waals surface area contributed by atoms with Crippen molar-refractivity contribution >= 4 is 27.7 Å². The number of nitrogen functional groups attached to an aromatic ring is 1. The van der Waals surface area contributed by atoms with E-state index in [1.165, 1.54) is 24.3 Å². The molecular weight excluding hydrogens is 246 g/mol. The van der Waals surface area contributed by atoms with Crippen molar-refractivity contribution < 1.29 is 12.8 Å². The van der Waals surface area contributed by atoms with Crippen LogP contribution in [0.1, 0.15) is 0 Å². The predicted molar refractivity (Wildman–Crippen MR) is 59.8 cm³/mol. The Hall–Kier alpha value is -2.13. The Labute approximate surface area is 96.7 Å². The van der Waals surface area contributed by atoms with Gasteiger partial charge in [0, 0.05) is 5.69 Å². The third kappa shape index (κ3) is 2.71. The lowest BCUT2D eigenvalue weighted by Crippen LogP contribution is -2.11. The first-order chi connectivity index (χ1) is 7.95. The topological polar surface area (TPSA) is 137 Å². The van der Waals surface area contributed by atoms with E-state index in [0.29, 0.717) is 5.69 Å². The highest BCUT2D eigenvalue weighted by Gasteiger charge is 2.07. The number of primary sulfonamides is 1. The van der Waals surface area contributed by atoms with Gasteiger partial charge < -0.3 is 15.5 Å². The van der Waals surface area contributed by atoms with Crippen LogP contribution in [0.4, 0.5) is 17.7 Å². The monoisotopic (exact) mass is 255 g/mol.